The van der Waals surface area contributed by atoms with Gasteiger partial charge in [0.2, 0.25) is 5.13 Å². The molecule has 1 aromatic rings. The summed E-state index contributed by atoms with van der Waals surface area (Å²) in [5.41, 5.74) is 0. The van der Waals surface area contributed by atoms with Gasteiger partial charge in [-0.05, 0) is 12.8 Å². The molecule has 1 aliphatic carbocycles. The second-order valence-electron chi connectivity index (χ2n) is 4.99. The highest BCUT2D eigenvalue weighted by atomic mass is 32.2. The highest BCUT2D eigenvalue weighted by Crippen LogP contribution is 2.35. The summed E-state index contributed by atoms with van der Waals surface area (Å²) >= 11 is 2.72. The van der Waals surface area contributed by atoms with Gasteiger partial charge in [-0.3, -0.25) is 4.79 Å². The third-order valence-electron chi connectivity index (χ3n) is 3.69. The first-order chi connectivity index (χ1) is 9.74. The zero-order chi connectivity index (χ0) is 13.9. The van der Waals surface area contributed by atoms with Crippen molar-refractivity contribution in [3.63, 3.8) is 0 Å². The summed E-state index contributed by atoms with van der Waals surface area (Å²) in [6.07, 6.45) is 5.06. The van der Waals surface area contributed by atoms with Crippen molar-refractivity contribution in [3.05, 3.63) is 0 Å². The number of aliphatic carboxylic acids is 1. The van der Waals surface area contributed by atoms with Crippen molar-refractivity contribution in [2.24, 2.45) is 0 Å². The van der Waals surface area contributed by atoms with Crippen LogP contribution in [-0.4, -0.2) is 52.3 Å². The molecule has 0 spiro atoms. The van der Waals surface area contributed by atoms with E-state index in [4.69, 9.17) is 9.84 Å². The number of thioether (sulfide) groups is 1. The summed E-state index contributed by atoms with van der Waals surface area (Å²) in [5.74, 6) is -0.797. The minimum Gasteiger partial charge on any atom is -0.481 e. The zero-order valence-electron chi connectivity index (χ0n) is 11.0. The number of aromatic nitrogens is 2. The smallest absolute Gasteiger partial charge is 0.313 e. The molecule has 0 radical (unpaired) electrons. The molecule has 1 saturated heterocycles. The van der Waals surface area contributed by atoms with Gasteiger partial charge in [-0.15, -0.1) is 10.2 Å². The molecular formula is C12H17N3O3S2. The molecule has 110 valence electrons. The lowest BCUT2D eigenvalue weighted by Crippen LogP contribution is -2.52. The van der Waals surface area contributed by atoms with Crippen molar-refractivity contribution < 1.29 is 14.6 Å². The number of carboxylic acid groups (broad SMARTS) is 1. The number of hydrogen-bond acceptors (Lipinski definition) is 7. The predicted octanol–water partition coefficient (Wildman–Crippen LogP) is 1.86. The van der Waals surface area contributed by atoms with Crippen LogP contribution in [0.5, 0.6) is 0 Å². The van der Waals surface area contributed by atoms with Gasteiger partial charge in [-0.2, -0.15) is 0 Å². The second kappa shape index (κ2) is 6.28. The average molecular weight is 315 g/mol. The molecule has 1 N–H and O–H groups in total. The molecule has 1 aromatic heterocycles. The van der Waals surface area contributed by atoms with Crippen molar-refractivity contribution >= 4 is 34.2 Å². The lowest BCUT2D eigenvalue weighted by atomic mass is 9.90. The van der Waals surface area contributed by atoms with E-state index < -0.39 is 5.97 Å². The molecule has 0 bridgehead atoms. The molecular weight excluding hydrogens is 298 g/mol. The molecule has 0 aromatic carbocycles. The number of hydrogen-bond donors (Lipinski definition) is 1. The first-order valence-electron chi connectivity index (χ1n) is 6.80. The standard InChI is InChI=1S/C12H17N3O3S2/c16-10(17)7-19-12-14-13-11(20-12)15-5-6-18-9-4-2-1-3-8(9)15/h8-9H,1-7H2,(H,16,17). The Morgan fingerprint density at radius 2 is 2.30 bits per heavy atom. The Hall–Kier alpha value is -0.860. The Kier molecular flexibility index (Phi) is 4.42. The van der Waals surface area contributed by atoms with E-state index in [2.05, 4.69) is 15.1 Å². The number of morpholine rings is 1. The van der Waals surface area contributed by atoms with E-state index in [1.165, 1.54) is 35.9 Å². The fourth-order valence-corrected chi connectivity index (χ4v) is 4.48. The van der Waals surface area contributed by atoms with E-state index in [-0.39, 0.29) is 5.75 Å². The maximum atomic E-state index is 10.6. The summed E-state index contributed by atoms with van der Waals surface area (Å²) in [6, 6.07) is 0.405. The minimum absolute atomic E-state index is 0.0315. The predicted molar refractivity (Wildman–Crippen MR) is 77.6 cm³/mol. The van der Waals surface area contributed by atoms with E-state index >= 15 is 0 Å². The van der Waals surface area contributed by atoms with E-state index in [1.54, 1.807) is 0 Å². The molecule has 20 heavy (non-hydrogen) atoms. The second-order valence-corrected chi connectivity index (χ2v) is 7.17. The van der Waals surface area contributed by atoms with Gasteiger partial charge in [-0.1, -0.05) is 35.9 Å². The number of fused-ring (bicyclic) bond motifs is 1. The highest BCUT2D eigenvalue weighted by molar-refractivity contribution is 8.01. The Balaban J connectivity index is 1.69. The Morgan fingerprint density at radius 1 is 1.45 bits per heavy atom. The van der Waals surface area contributed by atoms with Gasteiger partial charge in [-0.25, -0.2) is 0 Å². The highest BCUT2D eigenvalue weighted by Gasteiger charge is 2.35. The van der Waals surface area contributed by atoms with Crippen LogP contribution >= 0.6 is 23.1 Å². The number of ether oxygens (including phenoxy) is 1. The Morgan fingerprint density at radius 3 is 3.15 bits per heavy atom. The largest absolute Gasteiger partial charge is 0.481 e. The lowest BCUT2D eigenvalue weighted by Gasteiger charge is -2.43. The van der Waals surface area contributed by atoms with Crippen molar-refractivity contribution in [1.82, 2.24) is 10.2 Å². The van der Waals surface area contributed by atoms with Crippen LogP contribution in [0.25, 0.3) is 0 Å². The van der Waals surface area contributed by atoms with E-state index in [1.807, 2.05) is 0 Å². The van der Waals surface area contributed by atoms with Crippen molar-refractivity contribution in [1.29, 1.82) is 0 Å². The third kappa shape index (κ3) is 3.07. The average Bonchev–Trinajstić information content (AvgIpc) is 2.93. The van der Waals surface area contributed by atoms with Gasteiger partial charge < -0.3 is 14.7 Å². The maximum absolute atomic E-state index is 10.6. The van der Waals surface area contributed by atoms with Crippen LogP contribution in [-0.2, 0) is 9.53 Å². The first-order valence-corrected chi connectivity index (χ1v) is 8.60. The topological polar surface area (TPSA) is 75.5 Å². The molecule has 0 amide bonds. The summed E-state index contributed by atoms with van der Waals surface area (Å²) in [7, 11) is 0. The molecule has 2 aliphatic rings. The first kappa shape index (κ1) is 14.1. The minimum atomic E-state index is -0.828. The number of carboxylic acids is 1. The zero-order valence-corrected chi connectivity index (χ0v) is 12.7. The molecule has 1 saturated carbocycles. The molecule has 2 atom stereocenters. The van der Waals surface area contributed by atoms with Crippen molar-refractivity contribution in [2.75, 3.05) is 23.8 Å². The van der Waals surface area contributed by atoms with Crippen LogP contribution in [0.15, 0.2) is 4.34 Å². The quantitative estimate of drug-likeness (QED) is 0.850. The summed E-state index contributed by atoms with van der Waals surface area (Å²) in [4.78, 5) is 12.9. The van der Waals surface area contributed by atoms with Crippen LogP contribution in [0, 0.1) is 0 Å². The normalized spacial score (nSPS) is 26.3. The monoisotopic (exact) mass is 315 g/mol. The van der Waals surface area contributed by atoms with Crippen molar-refractivity contribution in [3.8, 4) is 0 Å². The third-order valence-corrected chi connectivity index (χ3v) is 5.77. The van der Waals surface area contributed by atoms with Crippen LogP contribution in [0.3, 0.4) is 0 Å². The number of rotatable bonds is 4. The fraction of sp³-hybridized carbons (Fsp3) is 0.750. The van der Waals surface area contributed by atoms with Gasteiger partial charge in [0.05, 0.1) is 24.5 Å². The molecule has 2 heterocycles. The lowest BCUT2D eigenvalue weighted by molar-refractivity contribution is -0.133. The van der Waals surface area contributed by atoms with Crippen molar-refractivity contribution in [2.45, 2.75) is 42.2 Å². The summed E-state index contributed by atoms with van der Waals surface area (Å²) < 4.78 is 6.57. The van der Waals surface area contributed by atoms with E-state index in [0.717, 1.165) is 35.5 Å². The molecule has 8 heteroatoms. The summed E-state index contributed by atoms with van der Waals surface area (Å²) in [6.45, 7) is 1.58. The van der Waals surface area contributed by atoms with Crippen LogP contribution in [0.1, 0.15) is 25.7 Å². The van der Waals surface area contributed by atoms with E-state index in [9.17, 15) is 4.79 Å². The van der Waals surface area contributed by atoms with Gasteiger partial charge >= 0.3 is 5.97 Å². The van der Waals surface area contributed by atoms with Gasteiger partial charge in [0.1, 0.15) is 0 Å². The molecule has 2 fully saturated rings. The SMILES string of the molecule is O=C(O)CSc1nnc(N2CCOC3CCCCC32)s1. The molecule has 3 rings (SSSR count). The van der Waals surface area contributed by atoms with E-state index in [0.29, 0.717) is 12.1 Å². The molecule has 6 nitrogen and oxygen atoms in total. The maximum Gasteiger partial charge on any atom is 0.313 e. The summed E-state index contributed by atoms with van der Waals surface area (Å²) in [5, 5.41) is 17.9. The fourth-order valence-electron chi connectivity index (χ4n) is 2.83. The van der Waals surface area contributed by atoms with Crippen LogP contribution < -0.4 is 4.90 Å². The number of nitrogens with zero attached hydrogens (tertiary/aromatic N) is 3. The Bertz CT molecular complexity index is 480. The number of carbonyl (C=O) groups is 1. The van der Waals surface area contributed by atoms with Crippen LogP contribution in [0.2, 0.25) is 0 Å². The van der Waals surface area contributed by atoms with Crippen LogP contribution in [0.4, 0.5) is 5.13 Å². The Labute approximate surface area is 125 Å². The van der Waals surface area contributed by atoms with Gasteiger partial charge in [0.25, 0.3) is 0 Å². The molecule has 1 aliphatic heterocycles. The van der Waals surface area contributed by atoms with Gasteiger partial charge in [0.15, 0.2) is 4.34 Å². The number of anilines is 1. The van der Waals surface area contributed by atoms with Gasteiger partial charge in [0, 0.05) is 6.54 Å². The molecule has 2 unspecified atom stereocenters.